The van der Waals surface area contributed by atoms with Crippen molar-refractivity contribution in [2.75, 3.05) is 6.54 Å². The Morgan fingerprint density at radius 3 is 3.00 bits per heavy atom. The Balaban J connectivity index is 1.62. The van der Waals surface area contributed by atoms with Gasteiger partial charge in [-0.05, 0) is 31.9 Å². The van der Waals surface area contributed by atoms with Crippen LogP contribution in [0.15, 0.2) is 12.4 Å². The summed E-state index contributed by atoms with van der Waals surface area (Å²) in [6.07, 6.45) is 5.97. The molecule has 2 rings (SSSR count). The summed E-state index contributed by atoms with van der Waals surface area (Å²) in [6, 6.07) is 0. The van der Waals surface area contributed by atoms with E-state index in [0.29, 0.717) is 0 Å². The minimum Gasteiger partial charge on any atom is -0.311 e. The fraction of sp³-hybridized carbons (Fsp3) is 0.545. The first-order valence-corrected chi connectivity index (χ1v) is 5.80. The van der Waals surface area contributed by atoms with E-state index in [9.17, 15) is 0 Å². The Bertz CT molecular complexity index is 458. The summed E-state index contributed by atoms with van der Waals surface area (Å²) < 4.78 is 1.71. The number of aryl methyl sites for hydroxylation is 3. The second-order valence-corrected chi connectivity index (χ2v) is 4.18. The lowest BCUT2D eigenvalue weighted by Crippen LogP contribution is -2.15. The molecule has 0 saturated heterocycles. The van der Waals surface area contributed by atoms with Crippen molar-refractivity contribution in [1.29, 1.82) is 0 Å². The van der Waals surface area contributed by atoms with Crippen LogP contribution in [0.25, 0.3) is 0 Å². The predicted molar refractivity (Wildman–Crippen MR) is 64.4 cm³/mol. The van der Waals surface area contributed by atoms with E-state index in [1.165, 1.54) is 11.3 Å². The fourth-order valence-corrected chi connectivity index (χ4v) is 1.72. The molecule has 0 aliphatic rings. The molecule has 0 aliphatic heterocycles. The lowest BCUT2D eigenvalue weighted by atomic mass is 10.1. The Hall–Kier alpha value is -1.69. The third kappa shape index (κ3) is 3.39. The lowest BCUT2D eigenvalue weighted by Gasteiger charge is -2.01. The first-order chi connectivity index (χ1) is 8.25. The van der Waals surface area contributed by atoms with Gasteiger partial charge in [0.1, 0.15) is 0 Å². The summed E-state index contributed by atoms with van der Waals surface area (Å²) in [6.45, 7) is 3.80. The number of hydrogen-bond donors (Lipinski definition) is 2. The van der Waals surface area contributed by atoms with Gasteiger partial charge in [-0.1, -0.05) is 5.21 Å². The number of aromatic nitrogens is 5. The number of nitrogens with one attached hydrogen (secondary N) is 2. The van der Waals surface area contributed by atoms with Crippen molar-refractivity contribution in [3.8, 4) is 0 Å². The van der Waals surface area contributed by atoms with Crippen molar-refractivity contribution in [1.82, 2.24) is 30.5 Å². The van der Waals surface area contributed by atoms with Crippen LogP contribution in [0.4, 0.5) is 0 Å². The van der Waals surface area contributed by atoms with Crippen LogP contribution in [0.5, 0.6) is 0 Å². The third-order valence-corrected chi connectivity index (χ3v) is 2.69. The molecule has 2 aromatic rings. The van der Waals surface area contributed by atoms with E-state index in [0.717, 1.165) is 31.6 Å². The van der Waals surface area contributed by atoms with Gasteiger partial charge in [-0.3, -0.25) is 9.78 Å². The van der Waals surface area contributed by atoms with Gasteiger partial charge in [0.15, 0.2) is 0 Å². The van der Waals surface area contributed by atoms with Gasteiger partial charge in [0.2, 0.25) is 0 Å². The van der Waals surface area contributed by atoms with E-state index in [2.05, 4.69) is 32.7 Å². The average molecular weight is 234 g/mol. The second-order valence-electron chi connectivity index (χ2n) is 4.18. The Kier molecular flexibility index (Phi) is 3.87. The van der Waals surface area contributed by atoms with Crippen LogP contribution in [-0.2, 0) is 20.0 Å². The zero-order valence-electron chi connectivity index (χ0n) is 10.3. The number of rotatable bonds is 6. The Morgan fingerprint density at radius 1 is 1.47 bits per heavy atom. The van der Waals surface area contributed by atoms with E-state index in [4.69, 9.17) is 0 Å². The lowest BCUT2D eigenvalue weighted by molar-refractivity contribution is 0.638. The molecule has 0 amide bonds. The first kappa shape index (κ1) is 11.8. The minimum absolute atomic E-state index is 0.776. The quantitative estimate of drug-likeness (QED) is 0.717. The SMILES string of the molecule is Cc1[nH]ncc1CCCNCc1cn(C)nn1. The summed E-state index contributed by atoms with van der Waals surface area (Å²) in [5, 5.41) is 18.2. The van der Waals surface area contributed by atoms with E-state index in [1.807, 2.05) is 19.4 Å². The van der Waals surface area contributed by atoms with E-state index < -0.39 is 0 Å². The monoisotopic (exact) mass is 234 g/mol. The molecule has 0 fully saturated rings. The van der Waals surface area contributed by atoms with Crippen LogP contribution in [0, 0.1) is 6.92 Å². The highest BCUT2D eigenvalue weighted by Crippen LogP contribution is 2.05. The molecule has 6 heteroatoms. The van der Waals surface area contributed by atoms with Crippen molar-refractivity contribution < 1.29 is 0 Å². The molecule has 2 N–H and O–H groups in total. The summed E-state index contributed by atoms with van der Waals surface area (Å²) in [4.78, 5) is 0. The number of H-pyrrole nitrogens is 1. The van der Waals surface area contributed by atoms with Gasteiger partial charge < -0.3 is 5.32 Å². The third-order valence-electron chi connectivity index (χ3n) is 2.69. The largest absolute Gasteiger partial charge is 0.311 e. The van der Waals surface area contributed by atoms with Crippen molar-refractivity contribution in [3.05, 3.63) is 29.3 Å². The average Bonchev–Trinajstić information content (AvgIpc) is 2.88. The number of aromatic amines is 1. The summed E-state index contributed by atoms with van der Waals surface area (Å²) >= 11 is 0. The van der Waals surface area contributed by atoms with Crippen molar-refractivity contribution in [3.63, 3.8) is 0 Å². The standard InChI is InChI=1S/C11H18N6/c1-9-10(6-13-14-9)4-3-5-12-7-11-8-17(2)16-15-11/h6,8,12H,3-5,7H2,1-2H3,(H,13,14). The molecule has 0 unspecified atom stereocenters. The summed E-state index contributed by atoms with van der Waals surface area (Å²) in [5.74, 6) is 0. The van der Waals surface area contributed by atoms with Gasteiger partial charge in [0, 0.05) is 25.5 Å². The van der Waals surface area contributed by atoms with E-state index >= 15 is 0 Å². The molecule has 0 spiro atoms. The maximum atomic E-state index is 4.01. The molecule has 92 valence electrons. The van der Waals surface area contributed by atoms with Crippen molar-refractivity contribution >= 4 is 0 Å². The second kappa shape index (κ2) is 5.58. The van der Waals surface area contributed by atoms with Crippen LogP contribution >= 0.6 is 0 Å². The highest BCUT2D eigenvalue weighted by molar-refractivity contribution is 5.14. The number of hydrogen-bond acceptors (Lipinski definition) is 4. The van der Waals surface area contributed by atoms with Crippen LogP contribution < -0.4 is 5.32 Å². The van der Waals surface area contributed by atoms with Crippen LogP contribution in [-0.4, -0.2) is 31.7 Å². The maximum absolute atomic E-state index is 4.01. The molecule has 0 atom stereocenters. The highest BCUT2D eigenvalue weighted by atomic mass is 15.4. The van der Waals surface area contributed by atoms with Gasteiger partial charge in [0.25, 0.3) is 0 Å². The van der Waals surface area contributed by atoms with Gasteiger partial charge in [-0.25, -0.2) is 0 Å². The normalized spacial score (nSPS) is 10.9. The number of nitrogens with zero attached hydrogens (tertiary/aromatic N) is 4. The van der Waals surface area contributed by atoms with E-state index in [-0.39, 0.29) is 0 Å². The summed E-state index contributed by atoms with van der Waals surface area (Å²) in [5.41, 5.74) is 3.44. The van der Waals surface area contributed by atoms with Gasteiger partial charge in [-0.2, -0.15) is 5.10 Å². The van der Waals surface area contributed by atoms with Crippen LogP contribution in [0.3, 0.4) is 0 Å². The predicted octanol–water partition coefficient (Wildman–Crippen LogP) is 0.569. The molecule has 2 aromatic heterocycles. The summed E-state index contributed by atoms with van der Waals surface area (Å²) in [7, 11) is 1.87. The van der Waals surface area contributed by atoms with Gasteiger partial charge in [-0.15, -0.1) is 5.10 Å². The zero-order valence-corrected chi connectivity index (χ0v) is 10.3. The van der Waals surface area contributed by atoms with Crippen molar-refractivity contribution in [2.24, 2.45) is 7.05 Å². The smallest absolute Gasteiger partial charge is 0.0964 e. The van der Waals surface area contributed by atoms with Crippen molar-refractivity contribution in [2.45, 2.75) is 26.3 Å². The molecule has 0 radical (unpaired) electrons. The molecular weight excluding hydrogens is 216 g/mol. The zero-order chi connectivity index (χ0) is 12.1. The van der Waals surface area contributed by atoms with Crippen LogP contribution in [0.2, 0.25) is 0 Å². The van der Waals surface area contributed by atoms with Crippen LogP contribution in [0.1, 0.15) is 23.4 Å². The van der Waals surface area contributed by atoms with Gasteiger partial charge in [0.05, 0.1) is 11.9 Å². The molecular formula is C11H18N6. The molecule has 0 aromatic carbocycles. The van der Waals surface area contributed by atoms with Gasteiger partial charge >= 0.3 is 0 Å². The molecule has 6 nitrogen and oxygen atoms in total. The molecule has 2 heterocycles. The Morgan fingerprint density at radius 2 is 2.35 bits per heavy atom. The minimum atomic E-state index is 0.776. The first-order valence-electron chi connectivity index (χ1n) is 5.80. The fourth-order valence-electron chi connectivity index (χ4n) is 1.72. The topological polar surface area (TPSA) is 71.4 Å². The molecule has 17 heavy (non-hydrogen) atoms. The molecule has 0 aliphatic carbocycles. The highest BCUT2D eigenvalue weighted by Gasteiger charge is 2.00. The maximum Gasteiger partial charge on any atom is 0.0964 e. The Labute approximate surface area is 100 Å². The van der Waals surface area contributed by atoms with E-state index in [1.54, 1.807) is 4.68 Å². The molecule has 0 bridgehead atoms. The molecule has 0 saturated carbocycles.